The summed E-state index contributed by atoms with van der Waals surface area (Å²) in [6.45, 7) is 0. The van der Waals surface area contributed by atoms with Crippen LogP contribution in [0.4, 0.5) is 17.6 Å². The van der Waals surface area contributed by atoms with Crippen molar-refractivity contribution in [1.29, 1.82) is 0 Å². The fourth-order valence-electron chi connectivity index (χ4n) is 2.57. The van der Waals surface area contributed by atoms with Crippen LogP contribution in [0.3, 0.4) is 0 Å². The third-order valence-electron chi connectivity index (χ3n) is 3.98. The number of H-pyrrole nitrogens is 1. The molecule has 0 aliphatic heterocycles. The molecule has 2 N–H and O–H groups in total. The second-order valence-electron chi connectivity index (χ2n) is 6.09. The summed E-state index contributed by atoms with van der Waals surface area (Å²) in [5, 5.41) is 9.53. The number of nitrogens with zero attached hydrogens (tertiary/aromatic N) is 1. The van der Waals surface area contributed by atoms with Gasteiger partial charge in [-0.25, -0.2) is 17.8 Å². The highest BCUT2D eigenvalue weighted by Gasteiger charge is 2.42. The van der Waals surface area contributed by atoms with Gasteiger partial charge < -0.3 is 10.1 Å². The van der Waals surface area contributed by atoms with Gasteiger partial charge in [-0.05, 0) is 36.4 Å². The third-order valence-corrected chi connectivity index (χ3v) is 5.11. The minimum absolute atomic E-state index is 0.0330. The van der Waals surface area contributed by atoms with Crippen LogP contribution >= 0.6 is 0 Å². The molecule has 5 nitrogen and oxygen atoms in total. The van der Waals surface area contributed by atoms with Gasteiger partial charge in [0.1, 0.15) is 11.6 Å². The van der Waals surface area contributed by atoms with E-state index in [-0.39, 0.29) is 16.3 Å². The summed E-state index contributed by atoms with van der Waals surface area (Å²) < 4.78 is 75.1. The smallest absolute Gasteiger partial charge is 0.377 e. The van der Waals surface area contributed by atoms with Crippen LogP contribution in [-0.4, -0.2) is 35.9 Å². The highest BCUT2D eigenvalue weighted by atomic mass is 32.2. The van der Waals surface area contributed by atoms with Crippen molar-refractivity contribution in [2.45, 2.75) is 17.2 Å². The summed E-state index contributed by atoms with van der Waals surface area (Å²) >= 11 is 0. The highest BCUT2D eigenvalue weighted by molar-refractivity contribution is 7.90. The lowest BCUT2D eigenvalue weighted by atomic mass is 10.1. The van der Waals surface area contributed by atoms with E-state index in [4.69, 9.17) is 0 Å². The number of rotatable bonds is 4. The summed E-state index contributed by atoms with van der Waals surface area (Å²) in [4.78, 5) is 6.35. The minimum Gasteiger partial charge on any atom is -0.377 e. The molecule has 148 valence electrons. The number of aromatic nitrogens is 2. The van der Waals surface area contributed by atoms with E-state index in [0.29, 0.717) is 11.1 Å². The van der Waals surface area contributed by atoms with Crippen LogP contribution in [0.2, 0.25) is 0 Å². The Morgan fingerprint density at radius 2 is 1.54 bits per heavy atom. The fourth-order valence-corrected chi connectivity index (χ4v) is 3.20. The van der Waals surface area contributed by atoms with Gasteiger partial charge in [0.2, 0.25) is 6.10 Å². The van der Waals surface area contributed by atoms with Crippen LogP contribution in [0, 0.1) is 5.82 Å². The second kappa shape index (κ2) is 7.02. The SMILES string of the molecule is CS(=O)(=O)c1ccc(-c2nc(C(O)C(F)(F)F)[nH]c2-c2ccc(F)cc2)cc1. The normalized spacial score (nSPS) is 13.5. The largest absolute Gasteiger partial charge is 0.421 e. The number of benzene rings is 2. The van der Waals surface area contributed by atoms with Gasteiger partial charge in [-0.15, -0.1) is 0 Å². The average Bonchev–Trinajstić information content (AvgIpc) is 3.05. The van der Waals surface area contributed by atoms with Crippen molar-refractivity contribution in [2.24, 2.45) is 0 Å². The van der Waals surface area contributed by atoms with Gasteiger partial charge in [0.05, 0.1) is 16.3 Å². The maximum atomic E-state index is 13.2. The van der Waals surface area contributed by atoms with Crippen molar-refractivity contribution in [3.8, 4) is 22.5 Å². The summed E-state index contributed by atoms with van der Waals surface area (Å²) in [6.07, 6.45) is -6.75. The van der Waals surface area contributed by atoms with Gasteiger partial charge >= 0.3 is 6.18 Å². The number of nitrogens with one attached hydrogen (secondary N) is 1. The van der Waals surface area contributed by atoms with E-state index in [1.54, 1.807) is 0 Å². The molecule has 0 aliphatic rings. The fraction of sp³-hybridized carbons (Fsp3) is 0.167. The molecular formula is C18H14F4N2O3S. The van der Waals surface area contributed by atoms with Crippen molar-refractivity contribution in [3.63, 3.8) is 0 Å². The molecule has 0 saturated heterocycles. The third kappa shape index (κ3) is 4.07. The van der Waals surface area contributed by atoms with Gasteiger partial charge in [-0.2, -0.15) is 13.2 Å². The number of hydrogen-bond donors (Lipinski definition) is 2. The molecule has 0 radical (unpaired) electrons. The number of aliphatic hydroxyl groups excluding tert-OH is 1. The molecule has 3 rings (SSSR count). The Morgan fingerprint density at radius 3 is 2.04 bits per heavy atom. The average molecular weight is 414 g/mol. The number of alkyl halides is 3. The first-order chi connectivity index (χ1) is 13.0. The second-order valence-corrected chi connectivity index (χ2v) is 8.11. The topological polar surface area (TPSA) is 83.1 Å². The molecule has 2 aromatic carbocycles. The Bertz CT molecular complexity index is 1090. The van der Waals surface area contributed by atoms with Crippen LogP contribution < -0.4 is 0 Å². The Kier molecular flexibility index (Phi) is 5.02. The number of aliphatic hydroxyl groups is 1. The first-order valence-electron chi connectivity index (χ1n) is 7.88. The number of hydrogen-bond acceptors (Lipinski definition) is 4. The van der Waals surface area contributed by atoms with Crippen LogP contribution in [0.15, 0.2) is 53.4 Å². The van der Waals surface area contributed by atoms with Gasteiger partial charge in [0.25, 0.3) is 0 Å². The molecule has 0 spiro atoms. The van der Waals surface area contributed by atoms with Crippen molar-refractivity contribution in [3.05, 3.63) is 60.2 Å². The predicted molar refractivity (Wildman–Crippen MR) is 93.5 cm³/mol. The van der Waals surface area contributed by atoms with Crippen LogP contribution in [-0.2, 0) is 9.84 Å². The zero-order chi connectivity index (χ0) is 20.7. The summed E-state index contributed by atoms with van der Waals surface area (Å²) in [6, 6.07) is 10.3. The van der Waals surface area contributed by atoms with Gasteiger partial charge in [0, 0.05) is 17.4 Å². The van der Waals surface area contributed by atoms with Crippen molar-refractivity contribution in [2.75, 3.05) is 6.26 Å². The van der Waals surface area contributed by atoms with E-state index in [1.807, 2.05) is 0 Å². The monoisotopic (exact) mass is 414 g/mol. The number of sulfone groups is 1. The molecule has 0 saturated carbocycles. The molecule has 28 heavy (non-hydrogen) atoms. The first-order valence-corrected chi connectivity index (χ1v) is 9.77. The molecule has 1 atom stereocenters. The van der Waals surface area contributed by atoms with E-state index < -0.39 is 33.8 Å². The van der Waals surface area contributed by atoms with Crippen LogP contribution in [0.1, 0.15) is 11.9 Å². The molecule has 10 heteroatoms. The molecule has 0 amide bonds. The van der Waals surface area contributed by atoms with E-state index in [2.05, 4.69) is 9.97 Å². The Labute approximate surface area is 157 Å². The lowest BCUT2D eigenvalue weighted by Gasteiger charge is -2.11. The Morgan fingerprint density at radius 1 is 1.00 bits per heavy atom. The number of imidazole rings is 1. The zero-order valence-electron chi connectivity index (χ0n) is 14.3. The van der Waals surface area contributed by atoms with Crippen LogP contribution in [0.5, 0.6) is 0 Å². The zero-order valence-corrected chi connectivity index (χ0v) is 15.1. The first kappa shape index (κ1) is 20.0. The molecule has 0 bridgehead atoms. The van der Waals surface area contributed by atoms with Gasteiger partial charge in [-0.3, -0.25) is 0 Å². The molecule has 0 fully saturated rings. The van der Waals surface area contributed by atoms with Crippen LogP contribution in [0.25, 0.3) is 22.5 Å². The number of halogens is 4. The lowest BCUT2D eigenvalue weighted by molar-refractivity contribution is -0.209. The Balaban J connectivity index is 2.15. The van der Waals surface area contributed by atoms with Crippen molar-refractivity contribution >= 4 is 9.84 Å². The molecule has 3 aromatic rings. The maximum absolute atomic E-state index is 13.2. The quantitative estimate of drug-likeness (QED) is 0.635. The molecule has 1 aromatic heterocycles. The summed E-state index contributed by atoms with van der Waals surface area (Å²) in [5.41, 5.74) is 0.857. The lowest BCUT2D eigenvalue weighted by Crippen LogP contribution is -2.21. The van der Waals surface area contributed by atoms with E-state index in [1.165, 1.54) is 36.4 Å². The molecule has 0 aliphatic carbocycles. The molecular weight excluding hydrogens is 400 g/mol. The van der Waals surface area contributed by atoms with Crippen molar-refractivity contribution < 1.29 is 31.1 Å². The van der Waals surface area contributed by atoms with Gasteiger partial charge in [-0.1, -0.05) is 12.1 Å². The summed E-state index contributed by atoms with van der Waals surface area (Å²) in [5.74, 6) is -1.26. The highest BCUT2D eigenvalue weighted by Crippen LogP contribution is 2.36. The van der Waals surface area contributed by atoms with E-state index >= 15 is 0 Å². The molecule has 1 unspecified atom stereocenters. The predicted octanol–water partition coefficient (Wildman–Crippen LogP) is 3.88. The number of aromatic amines is 1. The standard InChI is InChI=1S/C18H14F4N2O3S/c1-28(26,27)13-8-4-11(5-9-13)15-14(10-2-6-12(19)7-3-10)23-17(24-15)16(25)18(20,21)22/h2-9,16,25H,1H3,(H,23,24). The Hall–Kier alpha value is -2.72. The summed E-state index contributed by atoms with van der Waals surface area (Å²) in [7, 11) is -3.46. The molecule has 1 heterocycles. The van der Waals surface area contributed by atoms with E-state index in [9.17, 15) is 31.1 Å². The van der Waals surface area contributed by atoms with E-state index in [0.717, 1.165) is 18.4 Å². The minimum atomic E-state index is -4.94. The van der Waals surface area contributed by atoms with Crippen molar-refractivity contribution in [1.82, 2.24) is 9.97 Å². The maximum Gasteiger partial charge on any atom is 0.421 e. The van der Waals surface area contributed by atoms with Gasteiger partial charge in [0.15, 0.2) is 9.84 Å².